The number of thiophene rings is 1. The van der Waals surface area contributed by atoms with E-state index in [1.807, 2.05) is 11.3 Å². The highest BCUT2D eigenvalue weighted by Crippen LogP contribution is 2.32. The number of fused-ring (bicyclic) bond motifs is 1. The molecule has 0 saturated heterocycles. The lowest BCUT2D eigenvalue weighted by Gasteiger charge is -2.10. The molecule has 0 amide bonds. The molecule has 1 N–H and O–H groups in total. The molecular formula is C16H23NS. The summed E-state index contributed by atoms with van der Waals surface area (Å²) >= 11 is 1.95. The summed E-state index contributed by atoms with van der Waals surface area (Å²) in [6, 6.07) is 9.34. The molecule has 2 rings (SSSR count). The molecule has 0 spiro atoms. The van der Waals surface area contributed by atoms with Gasteiger partial charge in [-0.15, -0.1) is 11.3 Å². The summed E-state index contributed by atoms with van der Waals surface area (Å²) in [5.74, 6) is 0.709. The molecule has 2 heteroatoms. The minimum atomic E-state index is 0.544. The second kappa shape index (κ2) is 5.85. The molecule has 0 aliphatic rings. The summed E-state index contributed by atoms with van der Waals surface area (Å²) in [6.07, 6.45) is 1.18. The van der Waals surface area contributed by atoms with Crippen LogP contribution in [-0.4, -0.2) is 6.04 Å². The summed E-state index contributed by atoms with van der Waals surface area (Å²) < 4.78 is 1.42. The predicted molar refractivity (Wildman–Crippen MR) is 82.3 cm³/mol. The van der Waals surface area contributed by atoms with Crippen molar-refractivity contribution in [3.8, 4) is 0 Å². The van der Waals surface area contributed by atoms with E-state index in [1.165, 1.54) is 21.4 Å². The molecule has 0 bridgehead atoms. The van der Waals surface area contributed by atoms with Crippen LogP contribution in [0, 0.1) is 5.92 Å². The van der Waals surface area contributed by atoms with E-state index in [1.54, 1.807) is 5.56 Å². The van der Waals surface area contributed by atoms with E-state index in [-0.39, 0.29) is 0 Å². The standard InChI is InChI=1S/C16H23NS/c1-11(2)9-14-13-7-5-6-8-15(13)18-16(14)10-17-12(3)4/h5-8,11-12,17H,9-10H2,1-4H3. The summed E-state index contributed by atoms with van der Waals surface area (Å²) in [4.78, 5) is 1.51. The lowest BCUT2D eigenvalue weighted by Crippen LogP contribution is -2.21. The quantitative estimate of drug-likeness (QED) is 0.829. The van der Waals surface area contributed by atoms with Gasteiger partial charge in [-0.2, -0.15) is 0 Å². The van der Waals surface area contributed by atoms with Gasteiger partial charge in [-0.3, -0.25) is 0 Å². The van der Waals surface area contributed by atoms with Crippen molar-refractivity contribution in [1.29, 1.82) is 0 Å². The topological polar surface area (TPSA) is 12.0 Å². The first kappa shape index (κ1) is 13.6. The molecule has 18 heavy (non-hydrogen) atoms. The molecule has 0 unspecified atom stereocenters. The van der Waals surface area contributed by atoms with Gasteiger partial charge in [0.05, 0.1) is 0 Å². The Kier molecular flexibility index (Phi) is 4.41. The number of hydrogen-bond donors (Lipinski definition) is 1. The van der Waals surface area contributed by atoms with Crippen LogP contribution in [0.4, 0.5) is 0 Å². The number of rotatable bonds is 5. The van der Waals surface area contributed by atoms with Crippen LogP contribution >= 0.6 is 11.3 Å². The predicted octanol–water partition coefficient (Wildman–Crippen LogP) is 4.60. The van der Waals surface area contributed by atoms with Crippen molar-refractivity contribution in [2.45, 2.75) is 46.7 Å². The third-order valence-electron chi connectivity index (χ3n) is 3.07. The summed E-state index contributed by atoms with van der Waals surface area (Å²) in [5.41, 5.74) is 1.55. The molecule has 1 heterocycles. The fourth-order valence-corrected chi connectivity index (χ4v) is 3.41. The summed E-state index contributed by atoms with van der Waals surface area (Å²) in [5, 5.41) is 5.00. The molecule has 98 valence electrons. The Balaban J connectivity index is 2.36. The molecule has 0 aliphatic carbocycles. The third-order valence-corrected chi connectivity index (χ3v) is 4.28. The minimum Gasteiger partial charge on any atom is -0.310 e. The van der Waals surface area contributed by atoms with E-state index in [0.717, 1.165) is 6.54 Å². The SMILES string of the molecule is CC(C)Cc1c(CNC(C)C)sc2ccccc12. The van der Waals surface area contributed by atoms with Crippen molar-refractivity contribution in [2.75, 3.05) is 0 Å². The van der Waals surface area contributed by atoms with Crippen molar-refractivity contribution in [1.82, 2.24) is 5.32 Å². The monoisotopic (exact) mass is 261 g/mol. The van der Waals surface area contributed by atoms with Crippen LogP contribution in [0.3, 0.4) is 0 Å². The van der Waals surface area contributed by atoms with E-state index in [4.69, 9.17) is 0 Å². The van der Waals surface area contributed by atoms with Crippen LogP contribution in [0.5, 0.6) is 0 Å². The van der Waals surface area contributed by atoms with E-state index < -0.39 is 0 Å². The van der Waals surface area contributed by atoms with Crippen molar-refractivity contribution in [3.05, 3.63) is 34.7 Å². The Morgan fingerprint density at radius 3 is 2.50 bits per heavy atom. The highest BCUT2D eigenvalue weighted by molar-refractivity contribution is 7.19. The Labute approximate surface area is 114 Å². The molecule has 0 aliphatic heterocycles. The molecule has 0 radical (unpaired) electrons. The van der Waals surface area contributed by atoms with Crippen LogP contribution in [0.15, 0.2) is 24.3 Å². The van der Waals surface area contributed by atoms with Gasteiger partial charge in [-0.1, -0.05) is 45.9 Å². The maximum atomic E-state index is 3.55. The van der Waals surface area contributed by atoms with Crippen LogP contribution in [0.25, 0.3) is 10.1 Å². The summed E-state index contributed by atoms with van der Waals surface area (Å²) in [6.45, 7) is 10.0. The lowest BCUT2D eigenvalue weighted by atomic mass is 10.00. The number of benzene rings is 1. The van der Waals surface area contributed by atoms with Gasteiger partial charge in [-0.05, 0) is 29.4 Å². The highest BCUT2D eigenvalue weighted by Gasteiger charge is 2.13. The van der Waals surface area contributed by atoms with Crippen LogP contribution < -0.4 is 5.32 Å². The molecule has 0 fully saturated rings. The summed E-state index contributed by atoms with van der Waals surface area (Å²) in [7, 11) is 0. The first-order chi connectivity index (χ1) is 8.58. The van der Waals surface area contributed by atoms with Gasteiger partial charge in [0.1, 0.15) is 0 Å². The average molecular weight is 261 g/mol. The Morgan fingerprint density at radius 2 is 1.83 bits per heavy atom. The van der Waals surface area contributed by atoms with Crippen LogP contribution in [0.1, 0.15) is 38.1 Å². The molecule has 1 nitrogen and oxygen atoms in total. The lowest BCUT2D eigenvalue weighted by molar-refractivity contribution is 0.585. The van der Waals surface area contributed by atoms with Crippen LogP contribution in [0.2, 0.25) is 0 Å². The molecule has 1 aromatic heterocycles. The highest BCUT2D eigenvalue weighted by atomic mass is 32.1. The van der Waals surface area contributed by atoms with E-state index in [9.17, 15) is 0 Å². The zero-order valence-electron chi connectivity index (χ0n) is 11.8. The van der Waals surface area contributed by atoms with Gasteiger partial charge < -0.3 is 5.32 Å². The van der Waals surface area contributed by atoms with E-state index in [2.05, 4.69) is 57.3 Å². The smallest absolute Gasteiger partial charge is 0.0349 e. The van der Waals surface area contributed by atoms with Gasteiger partial charge in [0, 0.05) is 22.2 Å². The zero-order chi connectivity index (χ0) is 13.1. The maximum absolute atomic E-state index is 3.55. The fourth-order valence-electron chi connectivity index (χ4n) is 2.22. The van der Waals surface area contributed by atoms with Gasteiger partial charge >= 0.3 is 0 Å². The number of hydrogen-bond acceptors (Lipinski definition) is 2. The van der Waals surface area contributed by atoms with Crippen molar-refractivity contribution < 1.29 is 0 Å². The molecule has 0 saturated carbocycles. The molecule has 0 atom stereocenters. The molecule has 1 aromatic carbocycles. The fraction of sp³-hybridized carbons (Fsp3) is 0.500. The minimum absolute atomic E-state index is 0.544. The second-order valence-corrected chi connectivity index (χ2v) is 6.77. The normalized spacial score (nSPS) is 11.9. The Bertz CT molecular complexity index is 511. The molecular weight excluding hydrogens is 238 g/mol. The second-order valence-electron chi connectivity index (χ2n) is 5.63. The largest absolute Gasteiger partial charge is 0.310 e. The first-order valence-corrected chi connectivity index (χ1v) is 7.62. The Morgan fingerprint density at radius 1 is 1.11 bits per heavy atom. The Hall–Kier alpha value is -0.860. The molecule has 2 aromatic rings. The first-order valence-electron chi connectivity index (χ1n) is 6.80. The van der Waals surface area contributed by atoms with Gasteiger partial charge in [0.25, 0.3) is 0 Å². The van der Waals surface area contributed by atoms with Gasteiger partial charge in [-0.25, -0.2) is 0 Å². The van der Waals surface area contributed by atoms with Crippen molar-refractivity contribution in [2.24, 2.45) is 5.92 Å². The average Bonchev–Trinajstić information content (AvgIpc) is 2.64. The van der Waals surface area contributed by atoms with Crippen molar-refractivity contribution >= 4 is 21.4 Å². The van der Waals surface area contributed by atoms with E-state index >= 15 is 0 Å². The zero-order valence-corrected chi connectivity index (χ0v) is 12.6. The third kappa shape index (κ3) is 3.12. The maximum Gasteiger partial charge on any atom is 0.0349 e. The number of nitrogens with one attached hydrogen (secondary N) is 1. The van der Waals surface area contributed by atoms with Gasteiger partial charge in [0.15, 0.2) is 0 Å². The van der Waals surface area contributed by atoms with Crippen molar-refractivity contribution in [3.63, 3.8) is 0 Å². The van der Waals surface area contributed by atoms with Gasteiger partial charge in [0.2, 0.25) is 0 Å². The van der Waals surface area contributed by atoms with Crippen LogP contribution in [-0.2, 0) is 13.0 Å². The van der Waals surface area contributed by atoms with E-state index in [0.29, 0.717) is 12.0 Å².